The molecule has 0 unspecified atom stereocenters. The van der Waals surface area contributed by atoms with Crippen molar-refractivity contribution in [3.05, 3.63) is 82.4 Å². The highest BCUT2D eigenvalue weighted by molar-refractivity contribution is 6.30. The number of anilines is 2. The Morgan fingerprint density at radius 3 is 2.50 bits per heavy atom. The van der Waals surface area contributed by atoms with Gasteiger partial charge in [0.1, 0.15) is 5.82 Å². The topological polar surface area (TPSA) is 66.9 Å². The van der Waals surface area contributed by atoms with E-state index in [1.165, 1.54) is 24.5 Å². The molecular formula is C19H16ClFN4O. The normalized spacial score (nSPS) is 10.4. The maximum absolute atomic E-state index is 12.9. The highest BCUT2D eigenvalue weighted by atomic mass is 35.5. The first-order chi connectivity index (χ1) is 12.5. The first kappa shape index (κ1) is 17.8. The molecule has 3 rings (SSSR count). The largest absolute Gasteiger partial charge is 0.348 e. The Hall–Kier alpha value is -2.99. The molecule has 1 aromatic heterocycles. The van der Waals surface area contributed by atoms with Crippen molar-refractivity contribution < 1.29 is 9.18 Å². The number of aromatic nitrogens is 2. The minimum atomic E-state index is -0.313. The lowest BCUT2D eigenvalue weighted by Gasteiger charge is -2.09. The zero-order chi connectivity index (χ0) is 18.5. The van der Waals surface area contributed by atoms with Crippen LogP contribution >= 0.6 is 11.6 Å². The van der Waals surface area contributed by atoms with Crippen LogP contribution in [0.4, 0.5) is 16.0 Å². The third-order valence-electron chi connectivity index (χ3n) is 3.73. The molecule has 5 nitrogen and oxygen atoms in total. The molecule has 0 spiro atoms. The molecule has 0 saturated carbocycles. The number of rotatable bonds is 5. The van der Waals surface area contributed by atoms with Gasteiger partial charge in [0.25, 0.3) is 5.91 Å². The van der Waals surface area contributed by atoms with E-state index < -0.39 is 0 Å². The second kappa shape index (κ2) is 7.93. The summed E-state index contributed by atoms with van der Waals surface area (Å²) in [7, 11) is 0. The zero-order valence-electron chi connectivity index (χ0n) is 14.0. The molecule has 132 valence electrons. The van der Waals surface area contributed by atoms with E-state index in [2.05, 4.69) is 20.6 Å². The van der Waals surface area contributed by atoms with Gasteiger partial charge in [-0.2, -0.15) is 0 Å². The summed E-state index contributed by atoms with van der Waals surface area (Å²) in [6.07, 6.45) is 2.88. The van der Waals surface area contributed by atoms with Crippen LogP contribution in [0.25, 0.3) is 0 Å². The van der Waals surface area contributed by atoms with Crippen molar-refractivity contribution in [2.45, 2.75) is 13.5 Å². The number of benzene rings is 2. The minimum absolute atomic E-state index is 0.292. The van der Waals surface area contributed by atoms with Crippen LogP contribution in [0.1, 0.15) is 21.5 Å². The molecule has 1 amide bonds. The van der Waals surface area contributed by atoms with E-state index in [4.69, 9.17) is 11.6 Å². The van der Waals surface area contributed by atoms with Crippen molar-refractivity contribution in [1.82, 2.24) is 15.3 Å². The fraction of sp³-hybridized carbons (Fsp3) is 0.105. The molecule has 0 bridgehead atoms. The van der Waals surface area contributed by atoms with E-state index in [0.29, 0.717) is 23.1 Å². The van der Waals surface area contributed by atoms with Gasteiger partial charge in [-0.25, -0.2) is 14.4 Å². The summed E-state index contributed by atoms with van der Waals surface area (Å²) in [5.74, 6) is -0.253. The SMILES string of the molecule is Cc1ccc(Cl)cc1Nc1ncc(C(=O)NCc2ccc(F)cc2)cn1. The predicted molar refractivity (Wildman–Crippen MR) is 99.1 cm³/mol. The van der Waals surface area contributed by atoms with Crippen molar-refractivity contribution in [2.24, 2.45) is 0 Å². The Kier molecular flexibility index (Phi) is 5.43. The summed E-state index contributed by atoms with van der Waals surface area (Å²) >= 11 is 5.99. The lowest BCUT2D eigenvalue weighted by Crippen LogP contribution is -2.23. The summed E-state index contributed by atoms with van der Waals surface area (Å²) in [5.41, 5.74) is 2.93. The summed E-state index contributed by atoms with van der Waals surface area (Å²) in [4.78, 5) is 20.5. The molecule has 0 radical (unpaired) electrons. The number of carbonyl (C=O) groups excluding carboxylic acids is 1. The van der Waals surface area contributed by atoms with E-state index in [0.717, 1.165) is 16.8 Å². The second-order valence-electron chi connectivity index (χ2n) is 5.69. The molecule has 2 N–H and O–H groups in total. The number of hydrogen-bond donors (Lipinski definition) is 2. The van der Waals surface area contributed by atoms with Crippen LogP contribution < -0.4 is 10.6 Å². The van der Waals surface area contributed by atoms with E-state index in [9.17, 15) is 9.18 Å². The van der Waals surface area contributed by atoms with Crippen LogP contribution in [-0.2, 0) is 6.54 Å². The number of nitrogens with zero attached hydrogens (tertiary/aromatic N) is 2. The smallest absolute Gasteiger partial charge is 0.254 e. The Bertz CT molecular complexity index is 914. The molecule has 26 heavy (non-hydrogen) atoms. The van der Waals surface area contributed by atoms with Gasteiger partial charge >= 0.3 is 0 Å². The van der Waals surface area contributed by atoms with Gasteiger partial charge < -0.3 is 10.6 Å². The quantitative estimate of drug-likeness (QED) is 0.704. The second-order valence-corrected chi connectivity index (χ2v) is 6.13. The number of carbonyl (C=O) groups is 1. The van der Waals surface area contributed by atoms with Gasteiger partial charge in [0.2, 0.25) is 5.95 Å². The van der Waals surface area contributed by atoms with Crippen LogP contribution in [0, 0.1) is 12.7 Å². The minimum Gasteiger partial charge on any atom is -0.348 e. The molecule has 2 aromatic carbocycles. The highest BCUT2D eigenvalue weighted by Crippen LogP contribution is 2.22. The Labute approximate surface area is 155 Å². The highest BCUT2D eigenvalue weighted by Gasteiger charge is 2.08. The fourth-order valence-electron chi connectivity index (χ4n) is 2.25. The number of nitrogens with one attached hydrogen (secondary N) is 2. The molecule has 0 saturated heterocycles. The molecular weight excluding hydrogens is 355 g/mol. The van der Waals surface area contributed by atoms with Gasteiger partial charge in [-0.05, 0) is 42.3 Å². The zero-order valence-corrected chi connectivity index (χ0v) is 14.7. The van der Waals surface area contributed by atoms with E-state index in [-0.39, 0.29) is 11.7 Å². The van der Waals surface area contributed by atoms with Gasteiger partial charge in [0.05, 0.1) is 5.56 Å². The van der Waals surface area contributed by atoms with Gasteiger partial charge in [-0.15, -0.1) is 0 Å². The predicted octanol–water partition coefficient (Wildman–Crippen LogP) is 4.25. The maximum Gasteiger partial charge on any atom is 0.254 e. The molecule has 7 heteroatoms. The molecule has 0 aliphatic rings. The number of aryl methyl sites for hydroxylation is 1. The average molecular weight is 371 g/mol. The van der Waals surface area contributed by atoms with Crippen molar-refractivity contribution in [1.29, 1.82) is 0 Å². The van der Waals surface area contributed by atoms with Crippen molar-refractivity contribution in [3.8, 4) is 0 Å². The Morgan fingerprint density at radius 2 is 1.81 bits per heavy atom. The molecule has 3 aromatic rings. The molecule has 0 atom stereocenters. The maximum atomic E-state index is 12.9. The third-order valence-corrected chi connectivity index (χ3v) is 3.96. The summed E-state index contributed by atoms with van der Waals surface area (Å²) in [6, 6.07) is 11.4. The van der Waals surface area contributed by atoms with Crippen LogP contribution in [0.2, 0.25) is 5.02 Å². The summed E-state index contributed by atoms with van der Waals surface area (Å²) < 4.78 is 12.9. The molecule has 0 aliphatic carbocycles. The van der Waals surface area contributed by atoms with Crippen LogP contribution in [0.15, 0.2) is 54.9 Å². The monoisotopic (exact) mass is 370 g/mol. The third kappa shape index (κ3) is 4.55. The van der Waals surface area contributed by atoms with Gasteiger partial charge in [-0.1, -0.05) is 29.8 Å². The van der Waals surface area contributed by atoms with E-state index >= 15 is 0 Å². The van der Waals surface area contributed by atoms with Crippen molar-refractivity contribution >= 4 is 29.1 Å². The summed E-state index contributed by atoms with van der Waals surface area (Å²) in [6.45, 7) is 2.23. The van der Waals surface area contributed by atoms with Crippen molar-refractivity contribution in [3.63, 3.8) is 0 Å². The lowest BCUT2D eigenvalue weighted by atomic mass is 10.2. The standard InChI is InChI=1S/C19H16ClFN4O/c1-12-2-5-15(20)8-17(12)25-19-23-10-14(11-24-19)18(26)22-9-13-3-6-16(21)7-4-13/h2-8,10-11H,9H2,1H3,(H,22,26)(H,23,24,25). The van der Waals surface area contributed by atoms with Crippen LogP contribution in [0.3, 0.4) is 0 Å². The molecule has 0 aliphatic heterocycles. The first-order valence-electron chi connectivity index (χ1n) is 7.89. The number of hydrogen-bond acceptors (Lipinski definition) is 4. The summed E-state index contributed by atoms with van der Waals surface area (Å²) in [5, 5.41) is 6.42. The van der Waals surface area contributed by atoms with Gasteiger partial charge in [-0.3, -0.25) is 4.79 Å². The first-order valence-corrected chi connectivity index (χ1v) is 8.27. The Morgan fingerprint density at radius 1 is 1.12 bits per heavy atom. The van der Waals surface area contributed by atoms with Gasteiger partial charge in [0.15, 0.2) is 0 Å². The van der Waals surface area contributed by atoms with Crippen LogP contribution in [0.5, 0.6) is 0 Å². The molecule has 0 fully saturated rings. The number of amides is 1. The van der Waals surface area contributed by atoms with Gasteiger partial charge in [0, 0.05) is 29.6 Å². The van der Waals surface area contributed by atoms with E-state index in [1.54, 1.807) is 24.3 Å². The molecule has 1 heterocycles. The fourth-order valence-corrected chi connectivity index (χ4v) is 2.42. The van der Waals surface area contributed by atoms with E-state index in [1.807, 2.05) is 13.0 Å². The average Bonchev–Trinajstić information content (AvgIpc) is 2.64. The van der Waals surface area contributed by atoms with Crippen LogP contribution in [-0.4, -0.2) is 15.9 Å². The van der Waals surface area contributed by atoms with Crippen molar-refractivity contribution in [2.75, 3.05) is 5.32 Å². The number of halogens is 2. The Balaban J connectivity index is 1.62. The lowest BCUT2D eigenvalue weighted by molar-refractivity contribution is 0.0950.